The predicted octanol–water partition coefficient (Wildman–Crippen LogP) is 2.72. The van der Waals surface area contributed by atoms with E-state index in [1.807, 2.05) is 24.3 Å². The van der Waals surface area contributed by atoms with Crippen LogP contribution in [0.25, 0.3) is 0 Å². The van der Waals surface area contributed by atoms with E-state index in [1.165, 1.54) is 0 Å². The summed E-state index contributed by atoms with van der Waals surface area (Å²) in [5.41, 5.74) is 1.82. The van der Waals surface area contributed by atoms with E-state index in [-0.39, 0.29) is 12.5 Å². The molecule has 19 heavy (non-hydrogen) atoms. The zero-order valence-electron chi connectivity index (χ0n) is 10.6. The van der Waals surface area contributed by atoms with Crippen LogP contribution in [0.2, 0.25) is 0 Å². The normalized spacial score (nSPS) is 12.5. The van der Waals surface area contributed by atoms with Crippen LogP contribution >= 0.6 is 0 Å². The minimum Gasteiger partial charge on any atom is -0.508 e. The molecule has 0 saturated carbocycles. The average molecular weight is 258 g/mol. The highest BCUT2D eigenvalue weighted by molar-refractivity contribution is 5.56. The van der Waals surface area contributed by atoms with Gasteiger partial charge in [-0.3, -0.25) is 0 Å². The Morgan fingerprint density at radius 2 is 1.89 bits per heavy atom. The summed E-state index contributed by atoms with van der Waals surface area (Å²) in [6.45, 7) is 0.203. The molecule has 0 unspecified atom stereocenters. The molecule has 4 nitrogen and oxygen atoms in total. The second kappa shape index (κ2) is 4.72. The molecule has 1 N–H and O–H groups in total. The smallest absolute Gasteiger partial charge is 0.231 e. The predicted molar refractivity (Wildman–Crippen MR) is 70.0 cm³/mol. The van der Waals surface area contributed by atoms with Gasteiger partial charge in [-0.25, -0.2) is 0 Å². The van der Waals surface area contributed by atoms with Crippen molar-refractivity contribution >= 4 is 0 Å². The van der Waals surface area contributed by atoms with Crippen molar-refractivity contribution in [1.29, 1.82) is 0 Å². The van der Waals surface area contributed by atoms with Crippen LogP contribution in [0, 0.1) is 0 Å². The van der Waals surface area contributed by atoms with Crippen molar-refractivity contribution in [2.24, 2.45) is 0 Å². The molecule has 0 fully saturated rings. The van der Waals surface area contributed by atoms with Crippen LogP contribution < -0.4 is 14.2 Å². The minimum atomic E-state index is 0.203. The largest absolute Gasteiger partial charge is 0.508 e. The highest BCUT2D eigenvalue weighted by Crippen LogP contribution is 2.41. The number of ether oxygens (including phenoxy) is 3. The van der Waals surface area contributed by atoms with Gasteiger partial charge in [-0.2, -0.15) is 0 Å². The van der Waals surface area contributed by atoms with Crippen molar-refractivity contribution in [3.63, 3.8) is 0 Å². The van der Waals surface area contributed by atoms with Gasteiger partial charge in [0.25, 0.3) is 0 Å². The fourth-order valence-corrected chi connectivity index (χ4v) is 2.14. The van der Waals surface area contributed by atoms with Crippen molar-refractivity contribution in [1.82, 2.24) is 0 Å². The van der Waals surface area contributed by atoms with Gasteiger partial charge in [0.15, 0.2) is 11.5 Å². The van der Waals surface area contributed by atoms with Crippen molar-refractivity contribution in [3.8, 4) is 23.0 Å². The van der Waals surface area contributed by atoms with Gasteiger partial charge in [-0.1, -0.05) is 12.1 Å². The summed E-state index contributed by atoms with van der Waals surface area (Å²) in [5, 5.41) is 9.98. The van der Waals surface area contributed by atoms with E-state index in [9.17, 15) is 5.11 Å². The third-order valence-electron chi connectivity index (χ3n) is 3.16. The Morgan fingerprint density at radius 3 is 2.63 bits per heavy atom. The minimum absolute atomic E-state index is 0.203. The SMILES string of the molecule is COc1ccc(Cc2c(O)ccc3c2OCO3)cc1. The Hall–Kier alpha value is -2.36. The maximum atomic E-state index is 9.98. The Balaban J connectivity index is 1.92. The first-order valence-corrected chi connectivity index (χ1v) is 6.01. The molecule has 1 aliphatic heterocycles. The molecule has 0 amide bonds. The van der Waals surface area contributed by atoms with Gasteiger partial charge < -0.3 is 19.3 Å². The summed E-state index contributed by atoms with van der Waals surface area (Å²) in [6.07, 6.45) is 0.586. The van der Waals surface area contributed by atoms with Crippen molar-refractivity contribution in [2.75, 3.05) is 13.9 Å². The molecule has 1 heterocycles. The highest BCUT2D eigenvalue weighted by Gasteiger charge is 2.20. The van der Waals surface area contributed by atoms with Gasteiger partial charge in [-0.15, -0.1) is 0 Å². The zero-order chi connectivity index (χ0) is 13.2. The molecule has 2 aromatic rings. The van der Waals surface area contributed by atoms with E-state index >= 15 is 0 Å². The fourth-order valence-electron chi connectivity index (χ4n) is 2.14. The molecule has 2 aromatic carbocycles. The standard InChI is InChI=1S/C15H14O4/c1-17-11-4-2-10(3-5-11)8-12-13(16)6-7-14-15(12)19-9-18-14/h2-7,16H,8-9H2,1H3. The number of phenols is 1. The number of methoxy groups -OCH3 is 1. The summed E-state index contributed by atoms with van der Waals surface area (Å²) < 4.78 is 15.9. The molecule has 1 aliphatic rings. The Morgan fingerprint density at radius 1 is 1.11 bits per heavy atom. The lowest BCUT2D eigenvalue weighted by Crippen LogP contribution is -1.95. The van der Waals surface area contributed by atoms with Crippen molar-refractivity contribution in [2.45, 2.75) is 6.42 Å². The van der Waals surface area contributed by atoms with Gasteiger partial charge >= 0.3 is 0 Å². The summed E-state index contributed by atoms with van der Waals surface area (Å²) >= 11 is 0. The van der Waals surface area contributed by atoms with Crippen LogP contribution in [0.1, 0.15) is 11.1 Å². The fraction of sp³-hybridized carbons (Fsp3) is 0.200. The molecule has 0 aliphatic carbocycles. The Kier molecular flexibility index (Phi) is 2.91. The summed E-state index contributed by atoms with van der Waals surface area (Å²) in [7, 11) is 1.64. The molecular weight excluding hydrogens is 244 g/mol. The van der Waals surface area contributed by atoms with Crippen LogP contribution in [-0.2, 0) is 6.42 Å². The summed E-state index contributed by atoms with van der Waals surface area (Å²) in [6, 6.07) is 11.1. The molecule has 0 spiro atoms. The van der Waals surface area contributed by atoms with Crippen molar-refractivity contribution in [3.05, 3.63) is 47.5 Å². The lowest BCUT2D eigenvalue weighted by Gasteiger charge is -2.09. The van der Waals surface area contributed by atoms with Gasteiger partial charge in [0.1, 0.15) is 11.5 Å². The molecule has 0 bridgehead atoms. The lowest BCUT2D eigenvalue weighted by atomic mass is 10.0. The molecule has 3 rings (SSSR count). The van der Waals surface area contributed by atoms with Gasteiger partial charge in [0, 0.05) is 12.0 Å². The van der Waals surface area contributed by atoms with Crippen LogP contribution in [0.5, 0.6) is 23.0 Å². The molecule has 0 aromatic heterocycles. The van der Waals surface area contributed by atoms with Gasteiger partial charge in [-0.05, 0) is 29.8 Å². The molecule has 0 saturated heterocycles. The third-order valence-corrected chi connectivity index (χ3v) is 3.16. The first-order chi connectivity index (χ1) is 9.28. The van der Waals surface area contributed by atoms with Gasteiger partial charge in [0.2, 0.25) is 6.79 Å². The van der Waals surface area contributed by atoms with E-state index in [4.69, 9.17) is 14.2 Å². The number of hydrogen-bond donors (Lipinski definition) is 1. The van der Waals surface area contributed by atoms with Crippen LogP contribution in [0.15, 0.2) is 36.4 Å². The maximum absolute atomic E-state index is 9.98. The van der Waals surface area contributed by atoms with E-state index in [0.717, 1.165) is 16.9 Å². The Labute approximate surface area is 111 Å². The van der Waals surface area contributed by atoms with Crippen molar-refractivity contribution < 1.29 is 19.3 Å². The third kappa shape index (κ3) is 2.17. The molecule has 0 atom stereocenters. The number of rotatable bonds is 3. The number of fused-ring (bicyclic) bond motifs is 1. The number of benzene rings is 2. The Bertz CT molecular complexity index is 590. The monoisotopic (exact) mass is 258 g/mol. The first kappa shape index (κ1) is 11.7. The molecule has 98 valence electrons. The molecule has 4 heteroatoms. The second-order valence-electron chi connectivity index (χ2n) is 4.32. The summed E-state index contributed by atoms with van der Waals surface area (Å²) in [5.74, 6) is 2.35. The topological polar surface area (TPSA) is 47.9 Å². The molecule has 0 radical (unpaired) electrons. The number of phenolic OH excluding ortho intramolecular Hbond substituents is 1. The van der Waals surface area contributed by atoms with E-state index in [1.54, 1.807) is 19.2 Å². The quantitative estimate of drug-likeness (QED) is 0.919. The van der Waals surface area contributed by atoms with E-state index in [2.05, 4.69) is 0 Å². The van der Waals surface area contributed by atoms with Crippen LogP contribution in [-0.4, -0.2) is 19.0 Å². The lowest BCUT2D eigenvalue weighted by molar-refractivity contribution is 0.173. The first-order valence-electron chi connectivity index (χ1n) is 6.01. The summed E-state index contributed by atoms with van der Waals surface area (Å²) in [4.78, 5) is 0. The zero-order valence-corrected chi connectivity index (χ0v) is 10.6. The van der Waals surface area contributed by atoms with Gasteiger partial charge in [0.05, 0.1) is 7.11 Å². The van der Waals surface area contributed by atoms with Crippen LogP contribution in [0.4, 0.5) is 0 Å². The second-order valence-corrected chi connectivity index (χ2v) is 4.32. The highest BCUT2D eigenvalue weighted by atomic mass is 16.7. The number of hydrogen-bond acceptors (Lipinski definition) is 4. The van der Waals surface area contributed by atoms with E-state index < -0.39 is 0 Å². The maximum Gasteiger partial charge on any atom is 0.231 e. The number of aromatic hydroxyl groups is 1. The van der Waals surface area contributed by atoms with E-state index in [0.29, 0.717) is 17.9 Å². The van der Waals surface area contributed by atoms with Crippen LogP contribution in [0.3, 0.4) is 0 Å². The molecular formula is C15H14O4. The average Bonchev–Trinajstić information content (AvgIpc) is 2.91.